The van der Waals surface area contributed by atoms with E-state index in [0.717, 1.165) is 19.5 Å². The summed E-state index contributed by atoms with van der Waals surface area (Å²) >= 11 is 0. The molecule has 116 valence electrons. The molecule has 21 heavy (non-hydrogen) atoms. The number of benzene rings is 1. The Kier molecular flexibility index (Phi) is 4.83. The van der Waals surface area contributed by atoms with E-state index in [0.29, 0.717) is 12.1 Å². The Morgan fingerprint density at radius 2 is 2.24 bits per heavy atom. The van der Waals surface area contributed by atoms with Gasteiger partial charge in [-0.15, -0.1) is 0 Å². The molecule has 1 amide bonds. The minimum Gasteiger partial charge on any atom is -0.397 e. The largest absolute Gasteiger partial charge is 0.397 e. The molecule has 1 aliphatic rings. The second-order valence-electron chi connectivity index (χ2n) is 6.29. The van der Waals surface area contributed by atoms with Crippen molar-refractivity contribution in [2.75, 3.05) is 24.1 Å². The third-order valence-electron chi connectivity index (χ3n) is 4.19. The van der Waals surface area contributed by atoms with Crippen LogP contribution >= 0.6 is 0 Å². The lowest BCUT2D eigenvalue weighted by atomic mass is 10.0. The van der Waals surface area contributed by atoms with Crippen LogP contribution in [-0.2, 0) is 4.79 Å². The molecule has 0 atom stereocenters. The van der Waals surface area contributed by atoms with Gasteiger partial charge in [0.1, 0.15) is 5.82 Å². The number of carbonyl (C=O) groups excluding carboxylic acids is 1. The Balaban J connectivity index is 1.77. The molecule has 0 bridgehead atoms. The molecular weight excluding hydrogens is 269 g/mol. The van der Waals surface area contributed by atoms with Crippen molar-refractivity contribution in [3.8, 4) is 0 Å². The van der Waals surface area contributed by atoms with Gasteiger partial charge in [-0.05, 0) is 64.4 Å². The van der Waals surface area contributed by atoms with Gasteiger partial charge in [-0.2, -0.15) is 0 Å². The van der Waals surface area contributed by atoms with Crippen LogP contribution in [0, 0.1) is 5.82 Å². The molecule has 1 aromatic carbocycles. The monoisotopic (exact) mass is 293 g/mol. The zero-order valence-electron chi connectivity index (χ0n) is 12.8. The van der Waals surface area contributed by atoms with Crippen LogP contribution in [-0.4, -0.2) is 29.4 Å². The number of amides is 1. The molecule has 0 unspecified atom stereocenters. The van der Waals surface area contributed by atoms with E-state index in [2.05, 4.69) is 24.1 Å². The van der Waals surface area contributed by atoms with E-state index in [4.69, 9.17) is 5.73 Å². The van der Waals surface area contributed by atoms with Gasteiger partial charge in [-0.3, -0.25) is 9.69 Å². The highest BCUT2D eigenvalue weighted by molar-refractivity contribution is 5.93. The maximum absolute atomic E-state index is 12.9. The van der Waals surface area contributed by atoms with Crippen LogP contribution in [0.3, 0.4) is 0 Å². The fourth-order valence-corrected chi connectivity index (χ4v) is 2.87. The molecule has 0 spiro atoms. The van der Waals surface area contributed by atoms with Crippen molar-refractivity contribution in [1.29, 1.82) is 0 Å². The lowest BCUT2D eigenvalue weighted by Gasteiger charge is -2.31. The highest BCUT2D eigenvalue weighted by atomic mass is 19.1. The molecule has 1 saturated heterocycles. The lowest BCUT2D eigenvalue weighted by molar-refractivity contribution is -0.116. The number of anilines is 2. The molecule has 1 heterocycles. The second kappa shape index (κ2) is 6.43. The summed E-state index contributed by atoms with van der Waals surface area (Å²) in [6.07, 6.45) is 3.70. The topological polar surface area (TPSA) is 58.4 Å². The van der Waals surface area contributed by atoms with Crippen LogP contribution in [0.2, 0.25) is 0 Å². The standard InChI is InChI=1S/C16H24FN3O/c1-16(2)8-4-10-20(16)9-3-5-15(21)19-14-7-6-12(17)11-13(14)18/h6-7,11H,3-5,8-10,18H2,1-2H3,(H,19,21). The van der Waals surface area contributed by atoms with E-state index in [1.54, 1.807) is 0 Å². The van der Waals surface area contributed by atoms with E-state index in [1.165, 1.54) is 31.0 Å². The van der Waals surface area contributed by atoms with Gasteiger partial charge < -0.3 is 11.1 Å². The van der Waals surface area contributed by atoms with Crippen molar-refractivity contribution >= 4 is 17.3 Å². The van der Waals surface area contributed by atoms with Gasteiger partial charge >= 0.3 is 0 Å². The minimum atomic E-state index is -0.401. The molecular formula is C16H24FN3O. The summed E-state index contributed by atoms with van der Waals surface area (Å²) in [6.45, 7) is 6.54. The maximum atomic E-state index is 12.9. The summed E-state index contributed by atoms with van der Waals surface area (Å²) in [6, 6.07) is 3.99. The normalized spacial score (nSPS) is 17.9. The van der Waals surface area contributed by atoms with Gasteiger partial charge in [-0.1, -0.05) is 0 Å². The summed E-state index contributed by atoms with van der Waals surface area (Å²) < 4.78 is 12.9. The fourth-order valence-electron chi connectivity index (χ4n) is 2.87. The number of nitrogen functional groups attached to an aromatic ring is 1. The molecule has 0 aliphatic carbocycles. The molecule has 2 rings (SSSR count). The Hall–Kier alpha value is -1.62. The number of nitrogens with two attached hydrogens (primary N) is 1. The van der Waals surface area contributed by atoms with E-state index < -0.39 is 5.82 Å². The first-order valence-electron chi connectivity index (χ1n) is 7.48. The highest BCUT2D eigenvalue weighted by Gasteiger charge is 2.31. The van der Waals surface area contributed by atoms with E-state index in [9.17, 15) is 9.18 Å². The van der Waals surface area contributed by atoms with Crippen molar-refractivity contribution in [2.45, 2.75) is 45.1 Å². The first-order chi connectivity index (χ1) is 9.88. The first kappa shape index (κ1) is 15.8. The van der Waals surface area contributed by atoms with Crippen molar-refractivity contribution in [3.63, 3.8) is 0 Å². The number of carbonyl (C=O) groups is 1. The molecule has 0 saturated carbocycles. The van der Waals surface area contributed by atoms with Gasteiger partial charge in [0, 0.05) is 12.0 Å². The van der Waals surface area contributed by atoms with Crippen LogP contribution in [0.1, 0.15) is 39.5 Å². The van der Waals surface area contributed by atoms with Gasteiger partial charge in [0.05, 0.1) is 11.4 Å². The van der Waals surface area contributed by atoms with Crippen LogP contribution < -0.4 is 11.1 Å². The number of nitrogens with zero attached hydrogens (tertiary/aromatic N) is 1. The quantitative estimate of drug-likeness (QED) is 0.821. The Morgan fingerprint density at radius 1 is 1.48 bits per heavy atom. The van der Waals surface area contributed by atoms with Crippen LogP contribution in [0.5, 0.6) is 0 Å². The summed E-state index contributed by atoms with van der Waals surface area (Å²) in [7, 11) is 0. The average molecular weight is 293 g/mol. The summed E-state index contributed by atoms with van der Waals surface area (Å²) in [4.78, 5) is 14.3. The first-order valence-corrected chi connectivity index (χ1v) is 7.48. The van der Waals surface area contributed by atoms with E-state index >= 15 is 0 Å². The van der Waals surface area contributed by atoms with Crippen molar-refractivity contribution in [3.05, 3.63) is 24.0 Å². The fraction of sp³-hybridized carbons (Fsp3) is 0.562. The van der Waals surface area contributed by atoms with E-state index in [-0.39, 0.29) is 17.1 Å². The summed E-state index contributed by atoms with van der Waals surface area (Å²) in [5.41, 5.74) is 6.65. The van der Waals surface area contributed by atoms with Crippen molar-refractivity contribution < 1.29 is 9.18 Å². The number of halogens is 1. The average Bonchev–Trinajstić information content (AvgIpc) is 2.72. The van der Waals surface area contributed by atoms with Gasteiger partial charge in [0.2, 0.25) is 5.91 Å². The minimum absolute atomic E-state index is 0.0784. The molecule has 1 aromatic rings. The predicted molar refractivity (Wildman–Crippen MR) is 83.6 cm³/mol. The molecule has 0 radical (unpaired) electrons. The molecule has 1 fully saturated rings. The van der Waals surface area contributed by atoms with Gasteiger partial charge in [0.25, 0.3) is 0 Å². The third kappa shape index (κ3) is 4.17. The number of rotatable bonds is 5. The van der Waals surface area contributed by atoms with Gasteiger partial charge in [0.15, 0.2) is 0 Å². The number of likely N-dealkylation sites (tertiary alicyclic amines) is 1. The Labute approximate surface area is 125 Å². The maximum Gasteiger partial charge on any atom is 0.224 e. The Morgan fingerprint density at radius 3 is 2.86 bits per heavy atom. The number of nitrogens with one attached hydrogen (secondary N) is 1. The lowest BCUT2D eigenvalue weighted by Crippen LogP contribution is -2.38. The SMILES string of the molecule is CC1(C)CCCN1CCCC(=O)Nc1ccc(F)cc1N. The second-order valence-corrected chi connectivity index (χ2v) is 6.29. The van der Waals surface area contributed by atoms with Crippen molar-refractivity contribution in [2.24, 2.45) is 0 Å². The zero-order valence-corrected chi connectivity index (χ0v) is 12.8. The summed E-state index contributed by atoms with van der Waals surface area (Å²) in [5.74, 6) is -0.480. The van der Waals surface area contributed by atoms with Crippen LogP contribution in [0.4, 0.5) is 15.8 Å². The van der Waals surface area contributed by atoms with Crippen LogP contribution in [0.15, 0.2) is 18.2 Å². The van der Waals surface area contributed by atoms with E-state index in [1.807, 2.05) is 0 Å². The highest BCUT2D eigenvalue weighted by Crippen LogP contribution is 2.28. The van der Waals surface area contributed by atoms with Gasteiger partial charge in [-0.25, -0.2) is 4.39 Å². The smallest absolute Gasteiger partial charge is 0.224 e. The summed E-state index contributed by atoms with van der Waals surface area (Å²) in [5, 5.41) is 2.73. The Bertz CT molecular complexity index is 516. The molecule has 4 nitrogen and oxygen atoms in total. The third-order valence-corrected chi connectivity index (χ3v) is 4.19. The number of hydrogen-bond acceptors (Lipinski definition) is 3. The zero-order chi connectivity index (χ0) is 15.5. The van der Waals surface area contributed by atoms with Crippen LogP contribution in [0.25, 0.3) is 0 Å². The molecule has 1 aliphatic heterocycles. The molecule has 3 N–H and O–H groups in total. The number of hydrogen-bond donors (Lipinski definition) is 2. The molecule has 5 heteroatoms. The predicted octanol–water partition coefficient (Wildman–Crippen LogP) is 3.00. The molecule has 0 aromatic heterocycles. The van der Waals surface area contributed by atoms with Crippen molar-refractivity contribution in [1.82, 2.24) is 4.90 Å².